The summed E-state index contributed by atoms with van der Waals surface area (Å²) >= 11 is 3.48. The summed E-state index contributed by atoms with van der Waals surface area (Å²) in [4.78, 5) is 40.2. The lowest BCUT2D eigenvalue weighted by atomic mass is 9.89. The van der Waals surface area contributed by atoms with Crippen molar-refractivity contribution >= 4 is 45.0 Å². The van der Waals surface area contributed by atoms with E-state index in [2.05, 4.69) is 26.6 Å². The second-order valence-electron chi connectivity index (χ2n) is 8.57. The Labute approximate surface area is 225 Å². The predicted octanol–water partition coefficient (Wildman–Crippen LogP) is 3.14. The predicted molar refractivity (Wildman–Crippen MR) is 150 cm³/mol. The molecular formula is C28H32BrN5O3. The molecule has 3 amide bonds. The highest BCUT2D eigenvalue weighted by Crippen LogP contribution is 2.25. The van der Waals surface area contributed by atoms with E-state index < -0.39 is 28.1 Å². The Bertz CT molecular complexity index is 1150. The number of nitrogens with zero attached hydrogens (tertiary/aromatic N) is 1. The third-order valence-electron chi connectivity index (χ3n) is 6.10. The van der Waals surface area contributed by atoms with E-state index in [1.54, 1.807) is 0 Å². The van der Waals surface area contributed by atoms with Gasteiger partial charge in [-0.2, -0.15) is 0 Å². The number of carbonyl (C=O) groups is 3. The van der Waals surface area contributed by atoms with Crippen LogP contribution < -0.4 is 22.1 Å². The number of carbonyl (C=O) groups excluding carboxylic acids is 3. The fourth-order valence-corrected chi connectivity index (χ4v) is 4.77. The van der Waals surface area contributed by atoms with Crippen LogP contribution >= 0.6 is 15.9 Å². The summed E-state index contributed by atoms with van der Waals surface area (Å²) in [7, 11) is 0. The van der Waals surface area contributed by atoms with Crippen molar-refractivity contribution in [1.29, 1.82) is 0 Å². The van der Waals surface area contributed by atoms with E-state index >= 15 is 0 Å². The number of hydrogen-bond acceptors (Lipinski definition) is 5. The average molecular weight is 567 g/mol. The molecule has 0 bridgehead atoms. The van der Waals surface area contributed by atoms with Crippen molar-refractivity contribution in [3.63, 3.8) is 0 Å². The van der Waals surface area contributed by atoms with Gasteiger partial charge in [-0.1, -0.05) is 82.7 Å². The van der Waals surface area contributed by atoms with Crippen LogP contribution in [0.5, 0.6) is 0 Å². The smallest absolute Gasteiger partial charge is 0.253 e. The van der Waals surface area contributed by atoms with Gasteiger partial charge >= 0.3 is 0 Å². The van der Waals surface area contributed by atoms with E-state index in [1.165, 1.54) is 4.90 Å². The third-order valence-corrected chi connectivity index (χ3v) is 6.81. The highest BCUT2D eigenvalue weighted by atomic mass is 79.9. The number of halogens is 1. The second-order valence-corrected chi connectivity index (χ2v) is 9.68. The highest BCUT2D eigenvalue weighted by Gasteiger charge is 2.51. The van der Waals surface area contributed by atoms with E-state index in [9.17, 15) is 14.4 Å². The number of hydrogen-bond donors (Lipinski definition) is 4. The zero-order valence-electron chi connectivity index (χ0n) is 20.5. The summed E-state index contributed by atoms with van der Waals surface area (Å²) in [6, 6.07) is 28.2. The zero-order chi connectivity index (χ0) is 26.7. The van der Waals surface area contributed by atoms with Crippen molar-refractivity contribution < 1.29 is 14.4 Å². The minimum Gasteiger partial charge on any atom is -0.385 e. The molecule has 6 N–H and O–H groups in total. The molecule has 0 unspecified atom stereocenters. The molecule has 194 valence electrons. The zero-order valence-corrected chi connectivity index (χ0v) is 22.1. The number of nitrogens with two attached hydrogens (primary N) is 2. The van der Waals surface area contributed by atoms with Crippen LogP contribution in [0.3, 0.4) is 0 Å². The van der Waals surface area contributed by atoms with Gasteiger partial charge in [0.2, 0.25) is 11.4 Å². The summed E-state index contributed by atoms with van der Waals surface area (Å²) < 4.78 is 0. The Kier molecular flexibility index (Phi) is 10.1. The first-order valence-corrected chi connectivity index (χ1v) is 12.9. The molecule has 0 heterocycles. The van der Waals surface area contributed by atoms with Crippen molar-refractivity contribution in [2.24, 2.45) is 11.5 Å². The molecular weight excluding hydrogens is 534 g/mol. The van der Waals surface area contributed by atoms with Crippen LogP contribution in [-0.4, -0.2) is 52.6 Å². The van der Waals surface area contributed by atoms with E-state index in [-0.39, 0.29) is 26.1 Å². The molecule has 0 radical (unpaired) electrons. The van der Waals surface area contributed by atoms with Crippen LogP contribution in [0.1, 0.15) is 12.0 Å². The first-order valence-electron chi connectivity index (χ1n) is 12.0. The Morgan fingerprint density at radius 2 is 1.22 bits per heavy atom. The molecule has 0 aliphatic rings. The maximum Gasteiger partial charge on any atom is 0.253 e. The quantitative estimate of drug-likeness (QED) is 0.176. The fourth-order valence-electron chi connectivity index (χ4n) is 4.15. The van der Waals surface area contributed by atoms with E-state index in [0.717, 1.165) is 16.9 Å². The van der Waals surface area contributed by atoms with E-state index in [1.807, 2.05) is 91.0 Å². The number of amides is 3. The normalized spacial score (nSPS) is 11.8. The average Bonchev–Trinajstić information content (AvgIpc) is 2.90. The largest absolute Gasteiger partial charge is 0.385 e. The number of nitrogens with one attached hydrogen (secondary N) is 2. The lowest BCUT2D eigenvalue weighted by Gasteiger charge is -2.40. The number of primary amides is 2. The molecule has 37 heavy (non-hydrogen) atoms. The first kappa shape index (κ1) is 27.7. The van der Waals surface area contributed by atoms with E-state index in [4.69, 9.17) is 11.5 Å². The van der Waals surface area contributed by atoms with Crippen LogP contribution in [-0.2, 0) is 20.8 Å². The van der Waals surface area contributed by atoms with Crippen LogP contribution in [0.4, 0.5) is 11.4 Å². The molecule has 8 nitrogen and oxygen atoms in total. The Hall–Kier alpha value is -3.85. The van der Waals surface area contributed by atoms with Crippen molar-refractivity contribution in [3.8, 4) is 0 Å². The number of benzene rings is 3. The topological polar surface area (TPSA) is 131 Å². The van der Waals surface area contributed by atoms with Crippen LogP contribution in [0.2, 0.25) is 0 Å². The Morgan fingerprint density at radius 1 is 0.757 bits per heavy atom. The SMILES string of the molecule is NC(=O)C(CCNc1ccccc1)(C(N)=O)N(CCNc1ccccc1)C(=O)[C@H](Br)Cc1ccccc1. The molecule has 0 aliphatic heterocycles. The standard InChI is InChI=1S/C28H32BrN5O3/c29-24(20-21-10-4-1-5-11-21)25(35)34(19-18-33-23-14-8-3-9-15-23)28(26(30)36,27(31)37)16-17-32-22-12-6-2-7-13-22/h1-15,24,32-33H,16-20H2,(H2,30,36)(H2,31,37)/t24-/m1/s1. The number of anilines is 2. The maximum absolute atomic E-state index is 13.8. The monoisotopic (exact) mass is 565 g/mol. The second kappa shape index (κ2) is 13.5. The van der Waals surface area contributed by atoms with Gasteiger partial charge in [0, 0.05) is 37.4 Å². The van der Waals surface area contributed by atoms with Gasteiger partial charge in [0.15, 0.2) is 0 Å². The van der Waals surface area contributed by atoms with Crippen LogP contribution in [0.15, 0.2) is 91.0 Å². The van der Waals surface area contributed by atoms with Gasteiger partial charge in [0.1, 0.15) is 0 Å². The Balaban J connectivity index is 1.87. The van der Waals surface area contributed by atoms with Crippen LogP contribution in [0.25, 0.3) is 0 Å². The molecule has 0 saturated heterocycles. The number of rotatable bonds is 14. The number of alkyl halides is 1. The molecule has 0 aromatic heterocycles. The summed E-state index contributed by atoms with van der Waals surface area (Å²) in [6.07, 6.45) is 0.271. The van der Waals surface area contributed by atoms with Gasteiger partial charge in [-0.3, -0.25) is 14.4 Å². The molecule has 0 spiro atoms. The summed E-state index contributed by atoms with van der Waals surface area (Å²) in [5.41, 5.74) is 12.2. The molecule has 3 aromatic carbocycles. The van der Waals surface area contributed by atoms with Gasteiger partial charge in [-0.05, 0) is 36.2 Å². The number of para-hydroxylation sites is 2. The molecule has 3 aromatic rings. The van der Waals surface area contributed by atoms with Gasteiger partial charge in [0.05, 0.1) is 4.83 Å². The minimum absolute atomic E-state index is 0.0296. The molecule has 0 aliphatic carbocycles. The third kappa shape index (κ3) is 7.33. The van der Waals surface area contributed by atoms with Crippen molar-refractivity contribution in [3.05, 3.63) is 96.6 Å². The summed E-state index contributed by atoms with van der Waals surface area (Å²) in [5, 5.41) is 6.40. The first-order chi connectivity index (χ1) is 17.8. The lowest BCUT2D eigenvalue weighted by Crippen LogP contribution is -2.68. The molecule has 0 fully saturated rings. The fraction of sp³-hybridized carbons (Fsp3) is 0.250. The van der Waals surface area contributed by atoms with Gasteiger partial charge in [0.25, 0.3) is 11.8 Å². The lowest BCUT2D eigenvalue weighted by molar-refractivity contribution is -0.153. The molecule has 0 saturated carbocycles. The maximum atomic E-state index is 13.8. The van der Waals surface area contributed by atoms with Crippen LogP contribution in [0, 0.1) is 0 Å². The summed E-state index contributed by atoms with van der Waals surface area (Å²) in [6.45, 7) is 0.495. The minimum atomic E-state index is -2.03. The van der Waals surface area contributed by atoms with Crippen molar-refractivity contribution in [1.82, 2.24) is 4.90 Å². The molecule has 1 atom stereocenters. The molecule has 3 rings (SSSR count). The van der Waals surface area contributed by atoms with Gasteiger partial charge in [-0.25, -0.2) is 0 Å². The van der Waals surface area contributed by atoms with Gasteiger partial charge < -0.3 is 27.0 Å². The van der Waals surface area contributed by atoms with Gasteiger partial charge in [-0.15, -0.1) is 0 Å². The summed E-state index contributed by atoms with van der Waals surface area (Å²) in [5.74, 6) is -2.39. The highest BCUT2D eigenvalue weighted by molar-refractivity contribution is 9.10. The van der Waals surface area contributed by atoms with Crippen molar-refractivity contribution in [2.45, 2.75) is 23.2 Å². The van der Waals surface area contributed by atoms with E-state index in [0.29, 0.717) is 6.42 Å². The molecule has 9 heteroatoms. The van der Waals surface area contributed by atoms with Crippen molar-refractivity contribution in [2.75, 3.05) is 30.3 Å². The Morgan fingerprint density at radius 3 is 1.70 bits per heavy atom.